The average Bonchev–Trinajstić information content (AvgIpc) is 3.04. The first-order valence-electron chi connectivity index (χ1n) is 8.44. The van der Waals surface area contributed by atoms with E-state index in [4.69, 9.17) is 9.15 Å². The molecule has 0 aromatic carbocycles. The second kappa shape index (κ2) is 5.20. The van der Waals surface area contributed by atoms with E-state index in [-0.39, 0.29) is 35.6 Å². The van der Waals surface area contributed by atoms with Gasteiger partial charge in [0.1, 0.15) is 11.9 Å². The smallest absolute Gasteiger partial charge is 0.310 e. The Bertz CT molecular complexity index is 621. The van der Waals surface area contributed by atoms with Crippen molar-refractivity contribution in [3.05, 3.63) is 24.2 Å². The van der Waals surface area contributed by atoms with Crippen LogP contribution >= 0.6 is 0 Å². The van der Waals surface area contributed by atoms with E-state index < -0.39 is 11.5 Å². The van der Waals surface area contributed by atoms with Gasteiger partial charge in [-0.15, -0.1) is 0 Å². The molecule has 1 aliphatic heterocycles. The van der Waals surface area contributed by atoms with Crippen molar-refractivity contribution in [3.8, 4) is 0 Å². The number of hydrogen-bond donors (Lipinski definition) is 1. The number of ether oxygens (including phenoxy) is 1. The number of furan rings is 1. The highest BCUT2D eigenvalue weighted by atomic mass is 16.5. The van der Waals surface area contributed by atoms with Crippen molar-refractivity contribution in [1.29, 1.82) is 0 Å². The molecule has 6 atom stereocenters. The highest BCUT2D eigenvalue weighted by Gasteiger charge is 2.59. The lowest BCUT2D eigenvalue weighted by Crippen LogP contribution is -2.57. The predicted octanol–water partition coefficient (Wildman–Crippen LogP) is 2.64. The van der Waals surface area contributed by atoms with Crippen molar-refractivity contribution in [1.82, 2.24) is 0 Å². The molecule has 3 fully saturated rings. The van der Waals surface area contributed by atoms with Gasteiger partial charge in [-0.3, -0.25) is 9.59 Å². The fourth-order valence-corrected chi connectivity index (χ4v) is 5.24. The Morgan fingerprint density at radius 3 is 2.83 bits per heavy atom. The number of cyclic esters (lactones) is 1. The van der Waals surface area contributed by atoms with Crippen molar-refractivity contribution in [3.63, 3.8) is 0 Å². The van der Waals surface area contributed by atoms with Gasteiger partial charge in [0, 0.05) is 23.8 Å². The Morgan fingerprint density at radius 2 is 2.09 bits per heavy atom. The van der Waals surface area contributed by atoms with Crippen molar-refractivity contribution in [2.24, 2.45) is 23.2 Å². The van der Waals surface area contributed by atoms with Crippen LogP contribution in [-0.4, -0.2) is 23.0 Å². The molecule has 0 bridgehead atoms. The summed E-state index contributed by atoms with van der Waals surface area (Å²) in [6.07, 6.45) is 5.26. The summed E-state index contributed by atoms with van der Waals surface area (Å²) in [5.41, 5.74) is 0.437. The third kappa shape index (κ3) is 2.17. The molecule has 1 N–H and O–H groups in total. The van der Waals surface area contributed by atoms with Gasteiger partial charge < -0.3 is 14.3 Å². The number of Topliss-reactive ketones (excluding diaryl/α,β-unsaturated/α-hetero) is 1. The van der Waals surface area contributed by atoms with Crippen LogP contribution in [0.4, 0.5) is 0 Å². The first-order chi connectivity index (χ1) is 11.0. The zero-order valence-electron chi connectivity index (χ0n) is 13.2. The topological polar surface area (TPSA) is 76.7 Å². The third-order valence-electron chi connectivity index (χ3n) is 6.36. The summed E-state index contributed by atoms with van der Waals surface area (Å²) in [6, 6.07) is 1.81. The molecule has 0 unspecified atom stereocenters. The molecule has 23 heavy (non-hydrogen) atoms. The van der Waals surface area contributed by atoms with Crippen LogP contribution in [0, 0.1) is 23.2 Å². The van der Waals surface area contributed by atoms with Gasteiger partial charge in [0.05, 0.1) is 24.5 Å². The quantitative estimate of drug-likeness (QED) is 0.806. The number of esters is 1. The molecule has 2 saturated carbocycles. The van der Waals surface area contributed by atoms with Gasteiger partial charge in [-0.2, -0.15) is 0 Å². The molecular formula is C18H22O5. The molecule has 2 aliphatic carbocycles. The molecule has 0 radical (unpaired) electrons. The van der Waals surface area contributed by atoms with Gasteiger partial charge in [0.2, 0.25) is 0 Å². The number of carbonyl (C=O) groups is 2. The van der Waals surface area contributed by atoms with Crippen molar-refractivity contribution in [2.45, 2.75) is 51.2 Å². The Morgan fingerprint density at radius 1 is 1.26 bits per heavy atom. The predicted molar refractivity (Wildman–Crippen MR) is 80.2 cm³/mol. The molecule has 124 valence electrons. The highest BCUT2D eigenvalue weighted by Crippen LogP contribution is 2.59. The molecular weight excluding hydrogens is 296 g/mol. The zero-order chi connectivity index (χ0) is 16.2. The maximum absolute atomic E-state index is 12.6. The summed E-state index contributed by atoms with van der Waals surface area (Å²) in [5.74, 6) is -0.444. The van der Waals surface area contributed by atoms with E-state index in [2.05, 4.69) is 6.92 Å². The summed E-state index contributed by atoms with van der Waals surface area (Å²) in [6.45, 7) is 2.06. The van der Waals surface area contributed by atoms with Crippen LogP contribution < -0.4 is 0 Å². The summed E-state index contributed by atoms with van der Waals surface area (Å²) in [5, 5.41) is 10.6. The second-order valence-corrected chi connectivity index (χ2v) is 7.53. The number of aliphatic hydroxyl groups is 1. The van der Waals surface area contributed by atoms with E-state index >= 15 is 0 Å². The molecule has 5 nitrogen and oxygen atoms in total. The van der Waals surface area contributed by atoms with E-state index in [1.165, 1.54) is 0 Å². The number of hydrogen-bond acceptors (Lipinski definition) is 5. The highest BCUT2D eigenvalue weighted by molar-refractivity contribution is 5.83. The van der Waals surface area contributed by atoms with Crippen LogP contribution in [0.15, 0.2) is 23.0 Å². The molecule has 4 rings (SSSR count). The standard InChI is InChI=1S/C18H22O5/c1-18-8-15(10-6-7-22-9-10)23-17(21)12(18)3-2-11-13(19)4-5-14(20)16(11)18/h6-7,9,11-12,14-16,20H,2-5,8H2,1H3/t11-,12-,14+,15+,16+,18-/m1/s1. The van der Waals surface area contributed by atoms with E-state index in [9.17, 15) is 14.7 Å². The SMILES string of the molecule is C[C@@]12C[C@@H](c3ccoc3)OC(=O)[C@H]1CC[C@@H]1C(=O)CC[C@H](O)[C@H]12. The number of rotatable bonds is 1. The fraction of sp³-hybridized carbons (Fsp3) is 0.667. The van der Waals surface area contributed by atoms with Gasteiger partial charge in [0.15, 0.2) is 0 Å². The third-order valence-corrected chi connectivity index (χ3v) is 6.36. The maximum Gasteiger partial charge on any atom is 0.310 e. The molecule has 3 aliphatic rings. The number of aliphatic hydroxyl groups excluding tert-OH is 1. The zero-order valence-corrected chi connectivity index (χ0v) is 13.2. The number of carbonyl (C=O) groups excluding carboxylic acids is 2. The molecule has 1 aromatic heterocycles. The fourth-order valence-electron chi connectivity index (χ4n) is 5.24. The lowest BCUT2D eigenvalue weighted by Gasteiger charge is -2.56. The van der Waals surface area contributed by atoms with Crippen LogP contribution in [0.5, 0.6) is 0 Å². The first kappa shape index (κ1) is 14.9. The summed E-state index contributed by atoms with van der Waals surface area (Å²) >= 11 is 0. The lowest BCUT2D eigenvalue weighted by molar-refractivity contribution is -0.197. The van der Waals surface area contributed by atoms with Crippen LogP contribution in [0.3, 0.4) is 0 Å². The molecule has 1 saturated heterocycles. The molecule has 0 spiro atoms. The summed E-state index contributed by atoms with van der Waals surface area (Å²) in [4.78, 5) is 24.9. The van der Waals surface area contributed by atoms with Gasteiger partial charge in [0.25, 0.3) is 0 Å². The van der Waals surface area contributed by atoms with Gasteiger partial charge in [-0.1, -0.05) is 6.92 Å². The molecule has 1 aromatic rings. The minimum Gasteiger partial charge on any atom is -0.472 e. The largest absolute Gasteiger partial charge is 0.472 e. The monoisotopic (exact) mass is 318 g/mol. The minimum absolute atomic E-state index is 0.115. The van der Waals surface area contributed by atoms with E-state index in [0.717, 1.165) is 5.56 Å². The Labute approximate surface area is 135 Å². The Hall–Kier alpha value is -1.62. The van der Waals surface area contributed by atoms with Crippen LogP contribution in [0.25, 0.3) is 0 Å². The van der Waals surface area contributed by atoms with E-state index in [1.54, 1.807) is 12.5 Å². The van der Waals surface area contributed by atoms with Gasteiger partial charge >= 0.3 is 5.97 Å². The summed E-state index contributed by atoms with van der Waals surface area (Å²) in [7, 11) is 0. The number of ketones is 1. The van der Waals surface area contributed by atoms with Crippen molar-refractivity contribution >= 4 is 11.8 Å². The van der Waals surface area contributed by atoms with Gasteiger partial charge in [-0.05, 0) is 37.2 Å². The Kier molecular flexibility index (Phi) is 3.38. The molecule has 0 amide bonds. The van der Waals surface area contributed by atoms with Crippen molar-refractivity contribution in [2.75, 3.05) is 0 Å². The second-order valence-electron chi connectivity index (χ2n) is 7.53. The average molecular weight is 318 g/mol. The van der Waals surface area contributed by atoms with Crippen LogP contribution in [-0.2, 0) is 14.3 Å². The first-order valence-corrected chi connectivity index (χ1v) is 8.44. The molecule has 2 heterocycles. The lowest BCUT2D eigenvalue weighted by atomic mass is 9.50. The van der Waals surface area contributed by atoms with Gasteiger partial charge in [-0.25, -0.2) is 0 Å². The van der Waals surface area contributed by atoms with E-state index in [1.807, 2.05) is 6.07 Å². The normalized spacial score (nSPS) is 43.5. The number of fused-ring (bicyclic) bond motifs is 3. The van der Waals surface area contributed by atoms with Crippen LogP contribution in [0.1, 0.15) is 50.7 Å². The summed E-state index contributed by atoms with van der Waals surface area (Å²) < 4.78 is 10.8. The van der Waals surface area contributed by atoms with Crippen LogP contribution in [0.2, 0.25) is 0 Å². The maximum atomic E-state index is 12.6. The minimum atomic E-state index is -0.513. The van der Waals surface area contributed by atoms with Crippen molar-refractivity contribution < 1.29 is 23.8 Å². The molecule has 5 heteroatoms. The Balaban J connectivity index is 1.71. The van der Waals surface area contributed by atoms with E-state index in [0.29, 0.717) is 32.1 Å².